The van der Waals surface area contributed by atoms with Gasteiger partial charge in [-0.25, -0.2) is 4.98 Å². The highest BCUT2D eigenvalue weighted by molar-refractivity contribution is 5.57. The van der Waals surface area contributed by atoms with Crippen LogP contribution in [0.25, 0.3) is 11.3 Å². The van der Waals surface area contributed by atoms with E-state index in [2.05, 4.69) is 36.9 Å². The molecule has 2 aromatic rings. The minimum Gasteiger partial charge on any atom is -0.379 e. The summed E-state index contributed by atoms with van der Waals surface area (Å²) in [5, 5.41) is 0. The first-order valence-electron chi connectivity index (χ1n) is 8.71. The molecule has 126 valence electrons. The van der Waals surface area contributed by atoms with E-state index in [9.17, 15) is 0 Å². The second kappa shape index (κ2) is 7.23. The molecule has 0 amide bonds. The number of hydrogen-bond donors (Lipinski definition) is 0. The maximum atomic E-state index is 5.38. The van der Waals surface area contributed by atoms with Gasteiger partial charge in [0.25, 0.3) is 0 Å². The molecule has 0 aliphatic carbocycles. The molecule has 0 aromatic carbocycles. The first-order chi connectivity index (χ1) is 11.9. The van der Waals surface area contributed by atoms with Gasteiger partial charge >= 0.3 is 0 Å². The van der Waals surface area contributed by atoms with E-state index in [4.69, 9.17) is 4.74 Å². The fourth-order valence-corrected chi connectivity index (χ4v) is 3.24. The summed E-state index contributed by atoms with van der Waals surface area (Å²) in [6.07, 6.45) is 8.12. The fraction of sp³-hybridized carbons (Fsp3) is 0.500. The Hall–Kier alpha value is -2.05. The van der Waals surface area contributed by atoms with Crippen LogP contribution in [0.1, 0.15) is 18.5 Å². The number of ether oxygens (including phenoxy) is 1. The van der Waals surface area contributed by atoms with E-state index in [-0.39, 0.29) is 0 Å². The molecule has 2 aliphatic rings. The molecule has 0 saturated carbocycles. The molecule has 4 heterocycles. The van der Waals surface area contributed by atoms with Gasteiger partial charge in [0.05, 0.1) is 37.0 Å². The van der Waals surface area contributed by atoms with Gasteiger partial charge in [-0.3, -0.25) is 14.9 Å². The smallest absolute Gasteiger partial charge is 0.147 e. The Kier molecular flexibility index (Phi) is 4.66. The zero-order chi connectivity index (χ0) is 16.2. The summed E-state index contributed by atoms with van der Waals surface area (Å²) in [5.41, 5.74) is 2.98. The molecule has 0 unspecified atom stereocenters. The van der Waals surface area contributed by atoms with Gasteiger partial charge in [-0.2, -0.15) is 0 Å². The van der Waals surface area contributed by atoms with Crippen LogP contribution in [0.2, 0.25) is 0 Å². The van der Waals surface area contributed by atoms with Gasteiger partial charge in [0.15, 0.2) is 0 Å². The molecule has 6 nitrogen and oxygen atoms in total. The van der Waals surface area contributed by atoms with Crippen molar-refractivity contribution in [3.05, 3.63) is 36.4 Å². The number of rotatable bonds is 4. The molecule has 2 aromatic heterocycles. The number of morpholine rings is 1. The lowest BCUT2D eigenvalue weighted by Gasteiger charge is -2.26. The van der Waals surface area contributed by atoms with Crippen LogP contribution in [0.15, 0.2) is 30.7 Å². The fourth-order valence-electron chi connectivity index (χ4n) is 3.24. The monoisotopic (exact) mass is 325 g/mol. The van der Waals surface area contributed by atoms with Crippen LogP contribution in [0, 0.1) is 0 Å². The minimum absolute atomic E-state index is 0.817. The molecule has 24 heavy (non-hydrogen) atoms. The summed E-state index contributed by atoms with van der Waals surface area (Å²) >= 11 is 0. The molecule has 4 rings (SSSR count). The van der Waals surface area contributed by atoms with E-state index >= 15 is 0 Å². The molecule has 2 fully saturated rings. The van der Waals surface area contributed by atoms with Gasteiger partial charge in [-0.05, 0) is 25.0 Å². The van der Waals surface area contributed by atoms with Gasteiger partial charge in [-0.15, -0.1) is 0 Å². The lowest BCUT2D eigenvalue weighted by atomic mass is 10.2. The molecule has 0 radical (unpaired) electrons. The summed E-state index contributed by atoms with van der Waals surface area (Å²) < 4.78 is 5.38. The van der Waals surface area contributed by atoms with Gasteiger partial charge in [0, 0.05) is 44.5 Å². The van der Waals surface area contributed by atoms with Crippen molar-refractivity contribution in [1.29, 1.82) is 0 Å². The van der Waals surface area contributed by atoms with E-state index in [0.717, 1.165) is 68.7 Å². The third kappa shape index (κ3) is 3.55. The van der Waals surface area contributed by atoms with E-state index in [0.29, 0.717) is 0 Å². The second-order valence-electron chi connectivity index (χ2n) is 6.38. The average molecular weight is 325 g/mol. The summed E-state index contributed by atoms with van der Waals surface area (Å²) in [5.74, 6) is 0.980. The summed E-state index contributed by atoms with van der Waals surface area (Å²) in [7, 11) is 0. The van der Waals surface area contributed by atoms with E-state index in [1.165, 1.54) is 12.8 Å². The van der Waals surface area contributed by atoms with Crippen molar-refractivity contribution in [3.8, 4) is 11.3 Å². The van der Waals surface area contributed by atoms with Crippen LogP contribution in [-0.2, 0) is 11.3 Å². The maximum absolute atomic E-state index is 5.38. The van der Waals surface area contributed by atoms with E-state index in [1.54, 1.807) is 0 Å². The first kappa shape index (κ1) is 15.5. The van der Waals surface area contributed by atoms with Gasteiger partial charge in [-0.1, -0.05) is 0 Å². The van der Waals surface area contributed by atoms with Crippen molar-refractivity contribution in [2.45, 2.75) is 19.4 Å². The molecule has 0 atom stereocenters. The van der Waals surface area contributed by atoms with Crippen molar-refractivity contribution in [2.75, 3.05) is 44.3 Å². The van der Waals surface area contributed by atoms with Crippen LogP contribution >= 0.6 is 0 Å². The van der Waals surface area contributed by atoms with Gasteiger partial charge in [0.2, 0.25) is 0 Å². The lowest BCUT2D eigenvalue weighted by Crippen LogP contribution is -2.35. The van der Waals surface area contributed by atoms with Crippen LogP contribution < -0.4 is 4.90 Å². The number of pyridine rings is 1. The highest BCUT2D eigenvalue weighted by atomic mass is 16.5. The highest BCUT2D eigenvalue weighted by Crippen LogP contribution is 2.20. The SMILES string of the molecule is c1cc(CN2CCOCC2)ncc1-c1cnc(N2CCCC2)cn1. The Morgan fingerprint density at radius 2 is 1.71 bits per heavy atom. The van der Waals surface area contributed by atoms with Crippen LogP contribution in [0.5, 0.6) is 0 Å². The Balaban J connectivity index is 1.42. The second-order valence-corrected chi connectivity index (χ2v) is 6.38. The molecule has 0 bridgehead atoms. The Morgan fingerprint density at radius 1 is 0.875 bits per heavy atom. The Bertz CT molecular complexity index is 646. The van der Waals surface area contributed by atoms with E-state index < -0.39 is 0 Å². The predicted molar refractivity (Wildman–Crippen MR) is 92.8 cm³/mol. The standard InChI is InChI=1S/C18H23N5O/c1-2-6-23(5-1)18-13-20-17(12-21-18)15-3-4-16(19-11-15)14-22-7-9-24-10-8-22/h3-4,11-13H,1-2,5-10,14H2. The Morgan fingerprint density at radius 3 is 2.38 bits per heavy atom. The molecular formula is C18H23N5O. The topological polar surface area (TPSA) is 54.4 Å². The molecular weight excluding hydrogens is 302 g/mol. The van der Waals surface area contributed by atoms with Crippen molar-refractivity contribution in [2.24, 2.45) is 0 Å². The van der Waals surface area contributed by atoms with Crippen molar-refractivity contribution in [3.63, 3.8) is 0 Å². The Labute approximate surface area is 142 Å². The van der Waals surface area contributed by atoms with Crippen LogP contribution in [0.3, 0.4) is 0 Å². The molecule has 6 heteroatoms. The zero-order valence-electron chi connectivity index (χ0n) is 13.9. The first-order valence-corrected chi connectivity index (χ1v) is 8.71. The third-order valence-electron chi connectivity index (χ3n) is 4.68. The van der Waals surface area contributed by atoms with Crippen LogP contribution in [0.4, 0.5) is 5.82 Å². The molecule has 2 saturated heterocycles. The summed E-state index contributed by atoms with van der Waals surface area (Å²) in [6.45, 7) is 6.65. The maximum Gasteiger partial charge on any atom is 0.147 e. The summed E-state index contributed by atoms with van der Waals surface area (Å²) in [4.78, 5) is 18.4. The number of hydrogen-bond acceptors (Lipinski definition) is 6. The highest BCUT2D eigenvalue weighted by Gasteiger charge is 2.14. The third-order valence-corrected chi connectivity index (χ3v) is 4.68. The molecule has 0 N–H and O–H groups in total. The molecule has 0 spiro atoms. The zero-order valence-corrected chi connectivity index (χ0v) is 13.9. The minimum atomic E-state index is 0.817. The van der Waals surface area contributed by atoms with Crippen molar-refractivity contribution in [1.82, 2.24) is 19.9 Å². The van der Waals surface area contributed by atoms with Gasteiger partial charge in [0.1, 0.15) is 5.82 Å². The number of anilines is 1. The number of aromatic nitrogens is 3. The number of nitrogens with zero attached hydrogens (tertiary/aromatic N) is 5. The quantitative estimate of drug-likeness (QED) is 0.857. The van der Waals surface area contributed by atoms with Gasteiger partial charge < -0.3 is 9.64 Å². The van der Waals surface area contributed by atoms with E-state index in [1.807, 2.05) is 18.6 Å². The predicted octanol–water partition coefficient (Wildman–Crippen LogP) is 1.97. The van der Waals surface area contributed by atoms with Crippen LogP contribution in [-0.4, -0.2) is 59.2 Å². The van der Waals surface area contributed by atoms with Crippen molar-refractivity contribution < 1.29 is 4.74 Å². The lowest BCUT2D eigenvalue weighted by molar-refractivity contribution is 0.0336. The average Bonchev–Trinajstić information content (AvgIpc) is 3.18. The summed E-state index contributed by atoms with van der Waals surface area (Å²) in [6, 6.07) is 4.17. The normalized spacial score (nSPS) is 18.9. The molecule has 2 aliphatic heterocycles. The van der Waals surface area contributed by atoms with Crippen molar-refractivity contribution >= 4 is 5.82 Å². The largest absolute Gasteiger partial charge is 0.379 e.